The van der Waals surface area contributed by atoms with Crippen LogP contribution >= 0.6 is 0 Å². The number of furan rings is 1. The summed E-state index contributed by atoms with van der Waals surface area (Å²) in [4.78, 5) is 12.1. The van der Waals surface area contributed by atoms with E-state index in [0.29, 0.717) is 34.5 Å². The molecular weight excluding hydrogens is 346 g/mol. The predicted molar refractivity (Wildman–Crippen MR) is 98.0 cm³/mol. The zero-order valence-corrected chi connectivity index (χ0v) is 14.2. The van der Waals surface area contributed by atoms with Gasteiger partial charge in [-0.25, -0.2) is 0 Å². The third-order valence-electron chi connectivity index (χ3n) is 3.66. The summed E-state index contributed by atoms with van der Waals surface area (Å²) >= 11 is 0. The number of nitrogens with one attached hydrogen (secondary N) is 1. The maximum absolute atomic E-state index is 12.1. The molecule has 134 valence electrons. The third-order valence-corrected chi connectivity index (χ3v) is 3.66. The number of hydrogen-bond donors (Lipinski definition) is 1. The van der Waals surface area contributed by atoms with E-state index >= 15 is 0 Å². The Morgan fingerprint density at radius 3 is 2.63 bits per heavy atom. The first-order valence-corrected chi connectivity index (χ1v) is 8.23. The highest BCUT2D eigenvalue weighted by molar-refractivity contribution is 5.92. The van der Waals surface area contributed by atoms with Gasteiger partial charge in [0.25, 0.3) is 11.8 Å². The number of para-hydroxylation sites is 1. The van der Waals surface area contributed by atoms with Crippen LogP contribution in [0.5, 0.6) is 5.75 Å². The normalized spacial score (nSPS) is 10.5. The Bertz CT molecular complexity index is 1030. The molecule has 7 nitrogen and oxygen atoms in total. The first-order chi connectivity index (χ1) is 13.3. The first kappa shape index (κ1) is 16.6. The summed E-state index contributed by atoms with van der Waals surface area (Å²) < 4.78 is 16.3. The summed E-state index contributed by atoms with van der Waals surface area (Å²) in [6, 6.07) is 19.8. The monoisotopic (exact) mass is 361 g/mol. The molecule has 0 saturated carbocycles. The van der Waals surface area contributed by atoms with Crippen LogP contribution in [0.15, 0.2) is 81.8 Å². The molecule has 0 bridgehead atoms. The highest BCUT2D eigenvalue weighted by atomic mass is 16.5. The van der Waals surface area contributed by atoms with Gasteiger partial charge in [-0.1, -0.05) is 24.3 Å². The Kier molecular flexibility index (Phi) is 4.65. The van der Waals surface area contributed by atoms with E-state index in [0.717, 1.165) is 0 Å². The van der Waals surface area contributed by atoms with Crippen LogP contribution in [0.4, 0.5) is 5.69 Å². The lowest BCUT2D eigenvalue weighted by molar-refractivity contribution is -0.118. The molecule has 0 fully saturated rings. The standard InChI is InChI=1S/C20H15N3O4/c24-18(13-26-16-8-2-1-3-9-16)21-15-7-4-6-14(12-15)19-22-23-20(27-19)17-10-5-11-25-17/h1-12H,13H2,(H,21,24). The molecule has 2 heterocycles. The summed E-state index contributed by atoms with van der Waals surface area (Å²) in [5.41, 5.74) is 1.29. The van der Waals surface area contributed by atoms with Crippen LogP contribution in [0.1, 0.15) is 0 Å². The van der Waals surface area contributed by atoms with Gasteiger partial charge in [-0.05, 0) is 42.5 Å². The Morgan fingerprint density at radius 2 is 1.81 bits per heavy atom. The van der Waals surface area contributed by atoms with E-state index in [2.05, 4.69) is 15.5 Å². The van der Waals surface area contributed by atoms with Crippen molar-refractivity contribution in [3.05, 3.63) is 73.0 Å². The fourth-order valence-corrected chi connectivity index (χ4v) is 2.43. The topological polar surface area (TPSA) is 90.4 Å². The molecule has 0 saturated heterocycles. The van der Waals surface area contributed by atoms with Crippen LogP contribution in [0.25, 0.3) is 23.1 Å². The van der Waals surface area contributed by atoms with Gasteiger partial charge in [0.1, 0.15) is 5.75 Å². The second kappa shape index (κ2) is 7.57. The molecule has 4 rings (SSSR count). The van der Waals surface area contributed by atoms with Gasteiger partial charge in [-0.15, -0.1) is 10.2 Å². The van der Waals surface area contributed by atoms with Crippen molar-refractivity contribution in [2.45, 2.75) is 0 Å². The number of rotatable bonds is 6. The van der Waals surface area contributed by atoms with Crippen LogP contribution in [0.2, 0.25) is 0 Å². The fraction of sp³-hybridized carbons (Fsp3) is 0.0500. The Hall–Kier alpha value is -3.87. The lowest BCUT2D eigenvalue weighted by Crippen LogP contribution is -2.20. The average Bonchev–Trinajstić information content (AvgIpc) is 3.39. The molecule has 1 N–H and O–H groups in total. The van der Waals surface area contributed by atoms with Crippen LogP contribution in [0.3, 0.4) is 0 Å². The van der Waals surface area contributed by atoms with Crippen molar-refractivity contribution in [3.8, 4) is 28.9 Å². The van der Waals surface area contributed by atoms with Gasteiger partial charge in [0, 0.05) is 11.3 Å². The van der Waals surface area contributed by atoms with E-state index in [4.69, 9.17) is 13.6 Å². The maximum atomic E-state index is 12.1. The van der Waals surface area contributed by atoms with E-state index in [1.54, 1.807) is 42.5 Å². The average molecular weight is 361 g/mol. The maximum Gasteiger partial charge on any atom is 0.283 e. The van der Waals surface area contributed by atoms with E-state index in [-0.39, 0.29) is 12.5 Å². The molecule has 7 heteroatoms. The number of carbonyl (C=O) groups is 1. The summed E-state index contributed by atoms with van der Waals surface area (Å²) in [6.07, 6.45) is 1.53. The lowest BCUT2D eigenvalue weighted by Gasteiger charge is -2.08. The molecule has 0 aliphatic heterocycles. The van der Waals surface area contributed by atoms with Gasteiger partial charge in [0.15, 0.2) is 12.4 Å². The van der Waals surface area contributed by atoms with Crippen molar-refractivity contribution in [2.75, 3.05) is 11.9 Å². The number of hydrogen-bond acceptors (Lipinski definition) is 6. The largest absolute Gasteiger partial charge is 0.484 e. The molecule has 0 unspecified atom stereocenters. The van der Waals surface area contributed by atoms with E-state index < -0.39 is 0 Å². The molecule has 4 aromatic rings. The Morgan fingerprint density at radius 1 is 0.963 bits per heavy atom. The summed E-state index contributed by atoms with van der Waals surface area (Å²) in [5, 5.41) is 10.8. The molecule has 2 aromatic heterocycles. The molecule has 0 aliphatic rings. The minimum absolute atomic E-state index is 0.0859. The third kappa shape index (κ3) is 4.04. The minimum atomic E-state index is -0.266. The van der Waals surface area contributed by atoms with Crippen molar-refractivity contribution in [2.24, 2.45) is 0 Å². The predicted octanol–water partition coefficient (Wildman–Crippen LogP) is 4.01. The Labute approximate surface area is 154 Å². The van der Waals surface area contributed by atoms with Crippen molar-refractivity contribution < 1.29 is 18.4 Å². The smallest absolute Gasteiger partial charge is 0.283 e. The van der Waals surface area contributed by atoms with Crippen molar-refractivity contribution in [1.82, 2.24) is 10.2 Å². The molecule has 0 radical (unpaired) electrons. The van der Waals surface area contributed by atoms with Crippen molar-refractivity contribution in [1.29, 1.82) is 0 Å². The zero-order chi connectivity index (χ0) is 18.5. The number of anilines is 1. The molecule has 0 spiro atoms. The highest BCUT2D eigenvalue weighted by Gasteiger charge is 2.13. The highest BCUT2D eigenvalue weighted by Crippen LogP contribution is 2.25. The number of ether oxygens (including phenoxy) is 1. The van der Waals surface area contributed by atoms with Gasteiger partial charge in [0.2, 0.25) is 5.89 Å². The lowest BCUT2D eigenvalue weighted by atomic mass is 10.2. The van der Waals surface area contributed by atoms with Crippen molar-refractivity contribution in [3.63, 3.8) is 0 Å². The molecule has 0 atom stereocenters. The van der Waals surface area contributed by atoms with Gasteiger partial charge in [0.05, 0.1) is 6.26 Å². The van der Waals surface area contributed by atoms with Crippen LogP contribution < -0.4 is 10.1 Å². The summed E-state index contributed by atoms with van der Waals surface area (Å²) in [6.45, 7) is -0.0859. The van der Waals surface area contributed by atoms with E-state index in [9.17, 15) is 4.79 Å². The molecule has 0 aliphatic carbocycles. The van der Waals surface area contributed by atoms with Gasteiger partial charge in [-0.2, -0.15) is 0 Å². The van der Waals surface area contributed by atoms with Gasteiger partial charge < -0.3 is 18.9 Å². The van der Waals surface area contributed by atoms with E-state index in [1.165, 1.54) is 6.26 Å². The number of carbonyl (C=O) groups excluding carboxylic acids is 1. The van der Waals surface area contributed by atoms with Crippen LogP contribution in [-0.4, -0.2) is 22.7 Å². The fourth-order valence-electron chi connectivity index (χ4n) is 2.43. The number of nitrogens with zero attached hydrogens (tertiary/aromatic N) is 2. The molecular formula is C20H15N3O4. The number of aromatic nitrogens is 2. The summed E-state index contributed by atoms with van der Waals surface area (Å²) in [5.74, 6) is 1.49. The molecule has 2 aromatic carbocycles. The zero-order valence-electron chi connectivity index (χ0n) is 14.2. The second-order valence-electron chi connectivity index (χ2n) is 5.62. The van der Waals surface area contributed by atoms with Gasteiger partial charge >= 0.3 is 0 Å². The van der Waals surface area contributed by atoms with Crippen molar-refractivity contribution >= 4 is 11.6 Å². The molecule has 1 amide bonds. The summed E-state index contributed by atoms with van der Waals surface area (Å²) in [7, 11) is 0. The minimum Gasteiger partial charge on any atom is -0.484 e. The van der Waals surface area contributed by atoms with Gasteiger partial charge in [-0.3, -0.25) is 4.79 Å². The molecule has 27 heavy (non-hydrogen) atoms. The second-order valence-corrected chi connectivity index (χ2v) is 5.62. The number of benzene rings is 2. The van der Waals surface area contributed by atoms with E-state index in [1.807, 2.05) is 24.3 Å². The SMILES string of the molecule is O=C(COc1ccccc1)Nc1cccc(-c2nnc(-c3ccco3)o2)c1. The number of amides is 1. The van der Waals surface area contributed by atoms with Crippen LogP contribution in [-0.2, 0) is 4.79 Å². The Balaban J connectivity index is 1.42. The first-order valence-electron chi connectivity index (χ1n) is 8.23. The quantitative estimate of drug-likeness (QED) is 0.558. The van der Waals surface area contributed by atoms with Crippen LogP contribution in [0, 0.1) is 0 Å².